The molecule has 0 aliphatic heterocycles. The van der Waals surface area contributed by atoms with Gasteiger partial charge in [0, 0.05) is 22.9 Å². The molecular weight excluding hydrogens is 500 g/mol. The molecule has 38 heavy (non-hydrogen) atoms. The summed E-state index contributed by atoms with van der Waals surface area (Å²) in [5.74, 6) is -0.246. The van der Waals surface area contributed by atoms with Gasteiger partial charge in [0.25, 0.3) is 0 Å². The number of rotatable bonds is 13. The molecule has 1 amide bonds. The second kappa shape index (κ2) is 14.0. The number of nitrogens with one attached hydrogen (secondary N) is 1. The topological polar surface area (TPSA) is 97.8 Å². The number of hydrogen-bond donors (Lipinski definition) is 2. The number of aromatic nitrogens is 1. The summed E-state index contributed by atoms with van der Waals surface area (Å²) in [7, 11) is 0. The van der Waals surface area contributed by atoms with Crippen molar-refractivity contribution in [2.24, 2.45) is 0 Å². The lowest BCUT2D eigenvalue weighted by atomic mass is 10.0. The number of alkyl carbamates (subject to hydrolysis) is 1. The van der Waals surface area contributed by atoms with E-state index in [1.165, 1.54) is 25.7 Å². The zero-order valence-electron chi connectivity index (χ0n) is 22.7. The lowest BCUT2D eigenvalue weighted by Crippen LogP contribution is -2.44. The first-order valence-electron chi connectivity index (χ1n) is 13.1. The molecule has 1 heterocycles. The second-order valence-corrected chi connectivity index (χ2v) is 11.1. The molecule has 0 fully saturated rings. The first-order valence-corrected chi connectivity index (χ1v) is 14.0. The number of aliphatic carboxylic acids is 1. The second-order valence-electron chi connectivity index (χ2n) is 10.3. The Morgan fingerprint density at radius 1 is 0.974 bits per heavy atom. The van der Waals surface area contributed by atoms with Crippen LogP contribution in [0.1, 0.15) is 65.4 Å². The fraction of sp³-hybridized carbons (Fsp3) is 0.433. The van der Waals surface area contributed by atoms with Gasteiger partial charge in [-0.15, -0.1) is 11.3 Å². The predicted octanol–water partition coefficient (Wildman–Crippen LogP) is 7.35. The van der Waals surface area contributed by atoms with Gasteiger partial charge in [-0.3, -0.25) is 0 Å². The lowest BCUT2D eigenvalue weighted by molar-refractivity contribution is -0.139. The number of carbonyl (C=O) groups excluding carboxylic acids is 1. The minimum absolute atomic E-state index is 0.144. The average molecular weight is 539 g/mol. The quantitative estimate of drug-likeness (QED) is 0.221. The van der Waals surface area contributed by atoms with Gasteiger partial charge >= 0.3 is 12.1 Å². The standard InChI is InChI=1S/C30H38N2O5S/c1-5-6-7-8-9-18-36-24-16-14-22(15-17-24)26-20-38-27(31-26)23-12-10-21(11-13-23)19-25(28(33)34)32-29(35)37-30(2,3)4/h10-17,20,25H,5-9,18-19H2,1-4H3,(H,32,35)(H,33,34). The van der Waals surface area contributed by atoms with Crippen molar-refractivity contribution in [1.82, 2.24) is 10.3 Å². The van der Waals surface area contributed by atoms with Gasteiger partial charge in [-0.25, -0.2) is 14.6 Å². The number of thiazole rings is 1. The van der Waals surface area contributed by atoms with Crippen molar-refractivity contribution in [3.63, 3.8) is 0 Å². The van der Waals surface area contributed by atoms with Crippen LogP contribution < -0.4 is 10.1 Å². The first-order chi connectivity index (χ1) is 18.1. The van der Waals surface area contributed by atoms with Crippen LogP contribution in [0.3, 0.4) is 0 Å². The van der Waals surface area contributed by atoms with Crippen LogP contribution in [0.25, 0.3) is 21.8 Å². The molecule has 8 heteroatoms. The maximum absolute atomic E-state index is 12.0. The molecule has 2 N–H and O–H groups in total. The Hall–Kier alpha value is -3.39. The molecule has 0 spiro atoms. The van der Waals surface area contributed by atoms with E-state index in [1.54, 1.807) is 32.1 Å². The molecule has 0 aliphatic rings. The molecule has 0 saturated carbocycles. The van der Waals surface area contributed by atoms with Crippen LogP contribution in [0.4, 0.5) is 4.79 Å². The van der Waals surface area contributed by atoms with Gasteiger partial charge in [0.1, 0.15) is 22.4 Å². The highest BCUT2D eigenvalue weighted by molar-refractivity contribution is 7.13. The highest BCUT2D eigenvalue weighted by Gasteiger charge is 2.24. The number of ether oxygens (including phenoxy) is 2. The van der Waals surface area contributed by atoms with E-state index < -0.39 is 23.7 Å². The number of carboxylic acid groups (broad SMARTS) is 1. The van der Waals surface area contributed by atoms with E-state index in [-0.39, 0.29) is 6.42 Å². The van der Waals surface area contributed by atoms with Gasteiger partial charge < -0.3 is 19.9 Å². The average Bonchev–Trinajstić information content (AvgIpc) is 3.36. The Kier molecular flexibility index (Phi) is 10.7. The van der Waals surface area contributed by atoms with Crippen LogP contribution in [0, 0.1) is 0 Å². The van der Waals surface area contributed by atoms with Crippen LogP contribution in [-0.4, -0.2) is 40.4 Å². The highest BCUT2D eigenvalue weighted by atomic mass is 32.1. The van der Waals surface area contributed by atoms with Gasteiger partial charge in [0.2, 0.25) is 0 Å². The number of amides is 1. The van der Waals surface area contributed by atoms with Gasteiger partial charge in [-0.05, 0) is 57.0 Å². The van der Waals surface area contributed by atoms with Crippen molar-refractivity contribution < 1.29 is 24.2 Å². The normalized spacial score (nSPS) is 12.1. The molecule has 3 aromatic rings. The smallest absolute Gasteiger partial charge is 0.408 e. The molecule has 3 rings (SSSR count). The van der Waals surface area contributed by atoms with Crippen LogP contribution in [-0.2, 0) is 16.0 Å². The van der Waals surface area contributed by atoms with E-state index in [2.05, 4.69) is 12.2 Å². The molecule has 0 radical (unpaired) electrons. The highest BCUT2D eigenvalue weighted by Crippen LogP contribution is 2.30. The Balaban J connectivity index is 1.56. The minimum Gasteiger partial charge on any atom is -0.494 e. The van der Waals surface area contributed by atoms with Crippen molar-refractivity contribution in [2.75, 3.05) is 6.61 Å². The summed E-state index contributed by atoms with van der Waals surface area (Å²) in [6.07, 6.45) is 5.47. The van der Waals surface area contributed by atoms with E-state index in [0.29, 0.717) is 0 Å². The van der Waals surface area contributed by atoms with E-state index in [4.69, 9.17) is 14.5 Å². The van der Waals surface area contributed by atoms with Crippen LogP contribution in [0.2, 0.25) is 0 Å². The summed E-state index contributed by atoms with van der Waals surface area (Å²) >= 11 is 1.55. The summed E-state index contributed by atoms with van der Waals surface area (Å²) in [5, 5.41) is 14.9. The number of unbranched alkanes of at least 4 members (excludes halogenated alkanes) is 4. The summed E-state index contributed by atoms with van der Waals surface area (Å²) < 4.78 is 11.0. The number of benzene rings is 2. The number of carbonyl (C=O) groups is 2. The largest absolute Gasteiger partial charge is 0.494 e. The van der Waals surface area contributed by atoms with E-state index in [9.17, 15) is 14.7 Å². The van der Waals surface area contributed by atoms with Crippen molar-refractivity contribution in [3.05, 3.63) is 59.5 Å². The zero-order chi connectivity index (χ0) is 27.5. The molecule has 0 bridgehead atoms. The minimum atomic E-state index is -1.12. The van der Waals surface area contributed by atoms with E-state index in [1.807, 2.05) is 53.9 Å². The lowest BCUT2D eigenvalue weighted by Gasteiger charge is -2.22. The Morgan fingerprint density at radius 2 is 1.63 bits per heavy atom. The third-order valence-electron chi connectivity index (χ3n) is 5.80. The summed E-state index contributed by atoms with van der Waals surface area (Å²) in [6, 6.07) is 14.5. The summed E-state index contributed by atoms with van der Waals surface area (Å²) in [5.41, 5.74) is 2.95. The SMILES string of the molecule is CCCCCCCOc1ccc(-c2csc(-c3ccc(CC(NC(=O)OC(C)(C)C)C(=O)O)cc3)n2)cc1. The molecule has 0 aliphatic carbocycles. The van der Waals surface area contributed by atoms with E-state index in [0.717, 1.165) is 46.2 Å². The maximum atomic E-state index is 12.0. The Morgan fingerprint density at radius 3 is 2.26 bits per heavy atom. The molecule has 204 valence electrons. The predicted molar refractivity (Wildman–Crippen MR) is 152 cm³/mol. The third-order valence-corrected chi connectivity index (χ3v) is 6.69. The first kappa shape index (κ1) is 29.2. The molecular formula is C30H38N2O5S. The molecule has 1 unspecified atom stereocenters. The molecule has 7 nitrogen and oxygen atoms in total. The van der Waals surface area contributed by atoms with Crippen molar-refractivity contribution >= 4 is 23.4 Å². The van der Waals surface area contributed by atoms with Crippen LogP contribution in [0.5, 0.6) is 5.75 Å². The zero-order valence-corrected chi connectivity index (χ0v) is 23.5. The Bertz CT molecular complexity index is 1170. The van der Waals surface area contributed by atoms with Crippen molar-refractivity contribution in [3.8, 4) is 27.6 Å². The fourth-order valence-electron chi connectivity index (χ4n) is 3.83. The molecule has 1 atom stereocenters. The number of nitrogens with zero attached hydrogens (tertiary/aromatic N) is 1. The summed E-state index contributed by atoms with van der Waals surface area (Å²) in [4.78, 5) is 28.5. The van der Waals surface area contributed by atoms with Crippen LogP contribution in [0.15, 0.2) is 53.9 Å². The van der Waals surface area contributed by atoms with Crippen molar-refractivity contribution in [2.45, 2.75) is 77.9 Å². The molecule has 2 aromatic carbocycles. The summed E-state index contributed by atoms with van der Waals surface area (Å²) in [6.45, 7) is 8.14. The molecule has 1 aromatic heterocycles. The fourth-order valence-corrected chi connectivity index (χ4v) is 4.66. The van der Waals surface area contributed by atoms with Crippen molar-refractivity contribution in [1.29, 1.82) is 0 Å². The molecule has 0 saturated heterocycles. The number of hydrogen-bond acceptors (Lipinski definition) is 6. The van der Waals surface area contributed by atoms with Gasteiger partial charge in [-0.1, -0.05) is 56.9 Å². The maximum Gasteiger partial charge on any atom is 0.408 e. The van der Waals surface area contributed by atoms with E-state index >= 15 is 0 Å². The van der Waals surface area contributed by atoms with Gasteiger partial charge in [0.05, 0.1) is 12.3 Å². The number of carboxylic acids is 1. The monoisotopic (exact) mass is 538 g/mol. The van der Waals surface area contributed by atoms with Gasteiger partial charge in [0.15, 0.2) is 0 Å². The Labute approximate surface area is 229 Å². The van der Waals surface area contributed by atoms with Crippen LogP contribution >= 0.6 is 11.3 Å². The third kappa shape index (κ3) is 9.49. The van der Waals surface area contributed by atoms with Gasteiger partial charge in [-0.2, -0.15) is 0 Å².